The molecule has 0 saturated heterocycles. The third-order valence-electron chi connectivity index (χ3n) is 2.73. The van der Waals surface area contributed by atoms with Gasteiger partial charge in [0.1, 0.15) is 0 Å². The standard InChI is InChI=1S/C10H21N/c1-8(7-9(2,3)4)10(11)5-6-10/h8H,5-7,11H2,1-4H3. The SMILES string of the molecule is CC(CC(C)(C)C)C1(N)CC1. The lowest BCUT2D eigenvalue weighted by Crippen LogP contribution is -2.32. The summed E-state index contributed by atoms with van der Waals surface area (Å²) in [6, 6.07) is 0. The summed E-state index contributed by atoms with van der Waals surface area (Å²) in [5.74, 6) is 0.697. The first-order valence-electron chi connectivity index (χ1n) is 4.62. The smallest absolute Gasteiger partial charge is 0.0181 e. The molecule has 11 heavy (non-hydrogen) atoms. The summed E-state index contributed by atoms with van der Waals surface area (Å²) in [5.41, 5.74) is 6.75. The number of nitrogens with two attached hydrogens (primary N) is 1. The summed E-state index contributed by atoms with van der Waals surface area (Å²) < 4.78 is 0. The van der Waals surface area contributed by atoms with E-state index in [1.807, 2.05) is 0 Å². The van der Waals surface area contributed by atoms with Gasteiger partial charge in [-0.2, -0.15) is 0 Å². The number of hydrogen-bond donors (Lipinski definition) is 1. The minimum atomic E-state index is 0.216. The first kappa shape index (κ1) is 9.05. The maximum absolute atomic E-state index is 6.10. The molecule has 1 unspecified atom stereocenters. The predicted octanol–water partition coefficient (Wildman–Crippen LogP) is 2.55. The van der Waals surface area contributed by atoms with Crippen LogP contribution in [0.5, 0.6) is 0 Å². The van der Waals surface area contributed by atoms with Crippen molar-refractivity contribution in [2.75, 3.05) is 0 Å². The molecule has 66 valence electrons. The average Bonchev–Trinajstić information content (AvgIpc) is 2.44. The van der Waals surface area contributed by atoms with E-state index >= 15 is 0 Å². The molecular weight excluding hydrogens is 134 g/mol. The summed E-state index contributed by atoms with van der Waals surface area (Å²) >= 11 is 0. The van der Waals surface area contributed by atoms with Crippen LogP contribution in [0.15, 0.2) is 0 Å². The zero-order valence-electron chi connectivity index (χ0n) is 8.28. The van der Waals surface area contributed by atoms with E-state index in [1.54, 1.807) is 0 Å². The van der Waals surface area contributed by atoms with Crippen LogP contribution in [0, 0.1) is 11.3 Å². The second kappa shape index (κ2) is 2.48. The van der Waals surface area contributed by atoms with Crippen LogP contribution in [0.3, 0.4) is 0 Å². The highest BCUT2D eigenvalue weighted by atomic mass is 14.8. The molecule has 1 aliphatic carbocycles. The van der Waals surface area contributed by atoms with Gasteiger partial charge in [0.2, 0.25) is 0 Å². The van der Waals surface area contributed by atoms with E-state index in [1.165, 1.54) is 19.3 Å². The van der Waals surface area contributed by atoms with E-state index < -0.39 is 0 Å². The van der Waals surface area contributed by atoms with Gasteiger partial charge in [0.25, 0.3) is 0 Å². The predicted molar refractivity (Wildman–Crippen MR) is 49.4 cm³/mol. The summed E-state index contributed by atoms with van der Waals surface area (Å²) in [6.45, 7) is 9.15. The fraction of sp³-hybridized carbons (Fsp3) is 1.00. The fourth-order valence-electron chi connectivity index (χ4n) is 1.76. The highest BCUT2D eigenvalue weighted by Crippen LogP contribution is 2.43. The summed E-state index contributed by atoms with van der Waals surface area (Å²) in [7, 11) is 0. The van der Waals surface area contributed by atoms with E-state index in [9.17, 15) is 0 Å². The molecule has 0 aromatic carbocycles. The van der Waals surface area contributed by atoms with Crippen molar-refractivity contribution in [3.05, 3.63) is 0 Å². The van der Waals surface area contributed by atoms with Gasteiger partial charge in [-0.1, -0.05) is 27.7 Å². The molecule has 1 rings (SSSR count). The summed E-state index contributed by atoms with van der Waals surface area (Å²) in [6.07, 6.45) is 3.73. The molecule has 1 saturated carbocycles. The zero-order valence-corrected chi connectivity index (χ0v) is 8.28. The van der Waals surface area contributed by atoms with Crippen molar-refractivity contribution in [3.63, 3.8) is 0 Å². The topological polar surface area (TPSA) is 26.0 Å². The van der Waals surface area contributed by atoms with Gasteiger partial charge in [0, 0.05) is 5.54 Å². The maximum Gasteiger partial charge on any atom is 0.0181 e. The Bertz CT molecular complexity index is 139. The molecule has 1 heteroatoms. The quantitative estimate of drug-likeness (QED) is 0.651. The van der Waals surface area contributed by atoms with E-state index in [4.69, 9.17) is 5.73 Å². The second-order valence-corrected chi connectivity index (χ2v) is 5.40. The van der Waals surface area contributed by atoms with Gasteiger partial charge in [0.05, 0.1) is 0 Å². The van der Waals surface area contributed by atoms with Crippen LogP contribution in [0.4, 0.5) is 0 Å². The first-order valence-corrected chi connectivity index (χ1v) is 4.62. The van der Waals surface area contributed by atoms with Gasteiger partial charge in [-0.15, -0.1) is 0 Å². The van der Waals surface area contributed by atoms with Gasteiger partial charge in [-0.3, -0.25) is 0 Å². The third kappa shape index (κ3) is 2.48. The molecule has 0 aromatic rings. The lowest BCUT2D eigenvalue weighted by molar-refractivity contribution is 0.268. The maximum atomic E-state index is 6.10. The van der Waals surface area contributed by atoms with Gasteiger partial charge in [-0.05, 0) is 30.6 Å². The Hall–Kier alpha value is -0.0400. The Balaban J connectivity index is 2.38. The van der Waals surface area contributed by atoms with Crippen LogP contribution in [0.1, 0.15) is 47.0 Å². The molecule has 2 N–H and O–H groups in total. The Morgan fingerprint density at radius 1 is 1.36 bits per heavy atom. The van der Waals surface area contributed by atoms with Gasteiger partial charge in [0.15, 0.2) is 0 Å². The van der Waals surface area contributed by atoms with Crippen LogP contribution < -0.4 is 5.73 Å². The highest BCUT2D eigenvalue weighted by Gasteiger charge is 2.44. The number of rotatable bonds is 2. The number of hydrogen-bond acceptors (Lipinski definition) is 1. The molecule has 0 bridgehead atoms. The Morgan fingerprint density at radius 3 is 2.09 bits per heavy atom. The van der Waals surface area contributed by atoms with Crippen molar-refractivity contribution >= 4 is 0 Å². The minimum Gasteiger partial charge on any atom is -0.325 e. The van der Waals surface area contributed by atoms with Gasteiger partial charge >= 0.3 is 0 Å². The molecule has 0 aliphatic heterocycles. The van der Waals surface area contributed by atoms with Gasteiger partial charge < -0.3 is 5.73 Å². The third-order valence-corrected chi connectivity index (χ3v) is 2.73. The molecule has 1 aliphatic rings. The van der Waals surface area contributed by atoms with Crippen LogP contribution in [0.2, 0.25) is 0 Å². The zero-order chi connectivity index (χ0) is 8.70. The van der Waals surface area contributed by atoms with E-state index in [0.29, 0.717) is 11.3 Å². The first-order chi connectivity index (χ1) is 4.83. The minimum absolute atomic E-state index is 0.216. The van der Waals surface area contributed by atoms with Crippen LogP contribution in [0.25, 0.3) is 0 Å². The molecule has 1 nitrogen and oxygen atoms in total. The normalized spacial score (nSPS) is 24.8. The van der Waals surface area contributed by atoms with Crippen LogP contribution >= 0.6 is 0 Å². The molecule has 0 radical (unpaired) electrons. The van der Waals surface area contributed by atoms with E-state index in [0.717, 1.165) is 0 Å². The largest absolute Gasteiger partial charge is 0.325 e. The highest BCUT2D eigenvalue weighted by molar-refractivity contribution is 5.03. The molecule has 0 aromatic heterocycles. The summed E-state index contributed by atoms with van der Waals surface area (Å²) in [4.78, 5) is 0. The molecule has 1 atom stereocenters. The van der Waals surface area contributed by atoms with E-state index in [-0.39, 0.29) is 5.54 Å². The lowest BCUT2D eigenvalue weighted by Gasteiger charge is -2.27. The van der Waals surface area contributed by atoms with Crippen LogP contribution in [-0.4, -0.2) is 5.54 Å². The van der Waals surface area contributed by atoms with E-state index in [2.05, 4.69) is 27.7 Å². The second-order valence-electron chi connectivity index (χ2n) is 5.40. The molecule has 0 spiro atoms. The Morgan fingerprint density at radius 2 is 1.82 bits per heavy atom. The summed E-state index contributed by atoms with van der Waals surface area (Å²) in [5, 5.41) is 0. The molecule has 1 fully saturated rings. The van der Waals surface area contributed by atoms with Crippen molar-refractivity contribution in [2.45, 2.75) is 52.5 Å². The molecule has 0 amide bonds. The van der Waals surface area contributed by atoms with Crippen molar-refractivity contribution in [3.8, 4) is 0 Å². The van der Waals surface area contributed by atoms with Crippen LogP contribution in [-0.2, 0) is 0 Å². The van der Waals surface area contributed by atoms with Crippen molar-refractivity contribution in [2.24, 2.45) is 17.1 Å². The average molecular weight is 155 g/mol. The fourth-order valence-corrected chi connectivity index (χ4v) is 1.76. The van der Waals surface area contributed by atoms with Crippen molar-refractivity contribution < 1.29 is 0 Å². The Labute approximate surface area is 70.4 Å². The Kier molecular flexibility index (Phi) is 2.04. The monoisotopic (exact) mass is 155 g/mol. The van der Waals surface area contributed by atoms with Crippen molar-refractivity contribution in [1.82, 2.24) is 0 Å². The molecular formula is C10H21N. The van der Waals surface area contributed by atoms with Gasteiger partial charge in [-0.25, -0.2) is 0 Å². The lowest BCUT2D eigenvalue weighted by atomic mass is 9.81. The molecule has 0 heterocycles. The van der Waals surface area contributed by atoms with Crippen molar-refractivity contribution in [1.29, 1.82) is 0 Å².